The number of rotatable bonds is 19. The standard InChI is InChI=1S/C33H66N2O/c1-6-7-8-9-10-11-12-13-14-15-16-17-18-19-20-22-25-29-28-32(2,3)35(33(4,5)31(29)34)36-30-26-23-21-24-27-30/h29-31H,6-28,34H2,1-5H3. The largest absolute Gasteiger partial charge is 0.326 e. The minimum absolute atomic E-state index is 0.0521. The van der Waals surface area contributed by atoms with Gasteiger partial charge in [0, 0.05) is 11.6 Å². The van der Waals surface area contributed by atoms with Crippen LogP contribution in [-0.2, 0) is 4.84 Å². The molecule has 214 valence electrons. The van der Waals surface area contributed by atoms with Gasteiger partial charge in [-0.3, -0.25) is 4.84 Å². The molecule has 0 bridgehead atoms. The number of hydrogen-bond donors (Lipinski definition) is 1. The van der Waals surface area contributed by atoms with Crippen molar-refractivity contribution < 1.29 is 4.84 Å². The van der Waals surface area contributed by atoms with Crippen molar-refractivity contribution in [1.29, 1.82) is 0 Å². The van der Waals surface area contributed by atoms with Crippen LogP contribution in [0.4, 0.5) is 0 Å². The van der Waals surface area contributed by atoms with Gasteiger partial charge in [0.1, 0.15) is 0 Å². The number of nitrogens with zero attached hydrogens (tertiary/aromatic N) is 1. The molecule has 1 saturated carbocycles. The second kappa shape index (κ2) is 17.5. The summed E-state index contributed by atoms with van der Waals surface area (Å²) in [4.78, 5) is 6.67. The molecule has 2 aliphatic rings. The van der Waals surface area contributed by atoms with Crippen LogP contribution in [0.1, 0.15) is 182 Å². The van der Waals surface area contributed by atoms with Crippen molar-refractivity contribution in [2.45, 2.75) is 206 Å². The molecule has 2 atom stereocenters. The smallest absolute Gasteiger partial charge is 0.0793 e. The summed E-state index contributed by atoms with van der Waals surface area (Å²) in [5.74, 6) is 0.604. The van der Waals surface area contributed by atoms with E-state index in [0.29, 0.717) is 12.0 Å². The van der Waals surface area contributed by atoms with E-state index in [9.17, 15) is 0 Å². The van der Waals surface area contributed by atoms with E-state index in [1.165, 1.54) is 141 Å². The molecule has 2 fully saturated rings. The summed E-state index contributed by atoms with van der Waals surface area (Å²) >= 11 is 0. The van der Waals surface area contributed by atoms with Crippen LogP contribution in [0.5, 0.6) is 0 Å². The zero-order chi connectivity index (χ0) is 26.3. The van der Waals surface area contributed by atoms with Crippen molar-refractivity contribution in [2.75, 3.05) is 0 Å². The highest BCUT2D eigenvalue weighted by molar-refractivity contribution is 5.04. The lowest BCUT2D eigenvalue weighted by Gasteiger charge is -2.58. The van der Waals surface area contributed by atoms with Gasteiger partial charge in [0.2, 0.25) is 0 Å². The fourth-order valence-electron chi connectivity index (χ4n) is 7.18. The van der Waals surface area contributed by atoms with E-state index in [0.717, 1.165) is 6.42 Å². The van der Waals surface area contributed by atoms with Gasteiger partial charge in [-0.2, -0.15) is 5.06 Å². The predicted molar refractivity (Wildman–Crippen MR) is 158 cm³/mol. The number of hydrogen-bond acceptors (Lipinski definition) is 3. The number of piperidine rings is 1. The molecule has 3 nitrogen and oxygen atoms in total. The number of unbranched alkanes of at least 4 members (excludes halogenated alkanes) is 15. The molecule has 0 aromatic rings. The Labute approximate surface area is 227 Å². The highest BCUT2D eigenvalue weighted by atomic mass is 16.7. The molecule has 0 aromatic carbocycles. The quantitative estimate of drug-likeness (QED) is 0.177. The molecule has 0 aromatic heterocycles. The Hall–Kier alpha value is -0.120. The van der Waals surface area contributed by atoms with E-state index in [2.05, 4.69) is 39.7 Å². The molecule has 2 rings (SSSR count). The van der Waals surface area contributed by atoms with Crippen molar-refractivity contribution in [1.82, 2.24) is 5.06 Å². The van der Waals surface area contributed by atoms with E-state index in [-0.39, 0.29) is 17.1 Å². The van der Waals surface area contributed by atoms with Crippen molar-refractivity contribution in [2.24, 2.45) is 11.7 Å². The van der Waals surface area contributed by atoms with Crippen LogP contribution in [0.25, 0.3) is 0 Å². The third-order valence-corrected chi connectivity index (χ3v) is 9.39. The Morgan fingerprint density at radius 2 is 1.11 bits per heavy atom. The van der Waals surface area contributed by atoms with Crippen molar-refractivity contribution in [3.63, 3.8) is 0 Å². The molecule has 2 unspecified atom stereocenters. The van der Waals surface area contributed by atoms with Gasteiger partial charge in [-0.1, -0.05) is 129 Å². The zero-order valence-electron chi connectivity index (χ0n) is 25.4. The van der Waals surface area contributed by atoms with Gasteiger partial charge in [-0.15, -0.1) is 0 Å². The predicted octanol–water partition coefficient (Wildman–Crippen LogP) is 10.1. The summed E-state index contributed by atoms with van der Waals surface area (Å²) in [6.45, 7) is 11.7. The molecule has 36 heavy (non-hydrogen) atoms. The van der Waals surface area contributed by atoms with Gasteiger partial charge in [0.25, 0.3) is 0 Å². The van der Waals surface area contributed by atoms with Gasteiger partial charge in [0.15, 0.2) is 0 Å². The molecule has 1 aliphatic carbocycles. The SMILES string of the molecule is CCCCCCCCCCCCCCCCCCC1CC(C)(C)N(OC2CCCCC2)C(C)(C)C1N. The minimum Gasteiger partial charge on any atom is -0.326 e. The molecule has 0 amide bonds. The van der Waals surface area contributed by atoms with Crippen molar-refractivity contribution in [3.8, 4) is 0 Å². The summed E-state index contributed by atoms with van der Waals surface area (Å²) in [5, 5.41) is 2.32. The Kier molecular flexibility index (Phi) is 15.6. The summed E-state index contributed by atoms with van der Waals surface area (Å²) in [5.41, 5.74) is 6.86. The van der Waals surface area contributed by atoms with E-state index < -0.39 is 0 Å². The van der Waals surface area contributed by atoms with Crippen LogP contribution in [0.3, 0.4) is 0 Å². The zero-order valence-corrected chi connectivity index (χ0v) is 25.4. The fourth-order valence-corrected chi connectivity index (χ4v) is 7.18. The average Bonchev–Trinajstić information content (AvgIpc) is 2.85. The molecule has 0 spiro atoms. The monoisotopic (exact) mass is 507 g/mol. The second-order valence-corrected chi connectivity index (χ2v) is 13.7. The molecule has 0 radical (unpaired) electrons. The molecular weight excluding hydrogens is 440 g/mol. The average molecular weight is 507 g/mol. The van der Waals surface area contributed by atoms with Crippen LogP contribution >= 0.6 is 0 Å². The van der Waals surface area contributed by atoms with Gasteiger partial charge in [0.05, 0.1) is 11.6 Å². The molecule has 1 heterocycles. The summed E-state index contributed by atoms with van der Waals surface area (Å²) < 4.78 is 0. The molecule has 1 aliphatic heterocycles. The topological polar surface area (TPSA) is 38.5 Å². The van der Waals surface area contributed by atoms with Gasteiger partial charge in [-0.25, -0.2) is 0 Å². The van der Waals surface area contributed by atoms with Crippen LogP contribution in [0.2, 0.25) is 0 Å². The van der Waals surface area contributed by atoms with Gasteiger partial charge in [-0.05, 0) is 59.3 Å². The number of nitrogens with two attached hydrogens (primary N) is 1. The Bertz CT molecular complexity index is 540. The lowest BCUT2D eigenvalue weighted by atomic mass is 9.70. The van der Waals surface area contributed by atoms with Gasteiger partial charge >= 0.3 is 0 Å². The summed E-state index contributed by atoms with van der Waals surface area (Å²) in [7, 11) is 0. The highest BCUT2D eigenvalue weighted by Crippen LogP contribution is 2.44. The normalized spacial score (nSPS) is 24.8. The first kappa shape index (κ1) is 32.1. The third kappa shape index (κ3) is 11.3. The maximum Gasteiger partial charge on any atom is 0.0793 e. The van der Waals surface area contributed by atoms with E-state index in [4.69, 9.17) is 10.6 Å². The van der Waals surface area contributed by atoms with Crippen LogP contribution < -0.4 is 5.73 Å². The molecule has 2 N–H and O–H groups in total. The first-order valence-electron chi connectivity index (χ1n) is 16.5. The summed E-state index contributed by atoms with van der Waals surface area (Å²) in [6, 6.07) is 0.186. The Morgan fingerprint density at radius 1 is 0.667 bits per heavy atom. The molecular formula is C33H66N2O. The first-order valence-corrected chi connectivity index (χ1v) is 16.5. The highest BCUT2D eigenvalue weighted by Gasteiger charge is 2.51. The van der Waals surface area contributed by atoms with Crippen molar-refractivity contribution >= 4 is 0 Å². The van der Waals surface area contributed by atoms with Crippen LogP contribution in [-0.4, -0.2) is 28.3 Å². The maximum atomic E-state index is 6.92. The maximum absolute atomic E-state index is 6.92. The fraction of sp³-hybridized carbons (Fsp3) is 1.00. The first-order chi connectivity index (χ1) is 17.3. The van der Waals surface area contributed by atoms with E-state index >= 15 is 0 Å². The summed E-state index contributed by atoms with van der Waals surface area (Å²) in [6.07, 6.45) is 32.2. The van der Waals surface area contributed by atoms with Crippen LogP contribution in [0, 0.1) is 5.92 Å². The lowest BCUT2D eigenvalue weighted by molar-refractivity contribution is -0.318. The molecule has 1 saturated heterocycles. The van der Waals surface area contributed by atoms with Crippen LogP contribution in [0.15, 0.2) is 0 Å². The molecule has 3 heteroatoms. The lowest BCUT2D eigenvalue weighted by Crippen LogP contribution is -2.70. The Balaban J connectivity index is 1.52. The Morgan fingerprint density at radius 3 is 1.58 bits per heavy atom. The third-order valence-electron chi connectivity index (χ3n) is 9.39. The second-order valence-electron chi connectivity index (χ2n) is 13.7. The van der Waals surface area contributed by atoms with E-state index in [1.54, 1.807) is 0 Å². The van der Waals surface area contributed by atoms with Gasteiger partial charge < -0.3 is 5.73 Å². The minimum atomic E-state index is -0.112. The van der Waals surface area contributed by atoms with E-state index in [1.807, 2.05) is 0 Å². The van der Waals surface area contributed by atoms with Crippen molar-refractivity contribution in [3.05, 3.63) is 0 Å². The number of hydroxylamine groups is 2.